The molecule has 4 rings (SSSR count). The van der Waals surface area contributed by atoms with E-state index in [2.05, 4.69) is 0 Å². The third-order valence-corrected chi connectivity index (χ3v) is 7.28. The monoisotopic (exact) mass is 487 g/mol. The van der Waals surface area contributed by atoms with Crippen molar-refractivity contribution in [2.45, 2.75) is 18.8 Å². The van der Waals surface area contributed by atoms with Gasteiger partial charge < -0.3 is 19.4 Å². The maximum Gasteiger partial charge on any atom is 0.409 e. The summed E-state index contributed by atoms with van der Waals surface area (Å²) in [5.41, 5.74) is 2.61. The molecule has 0 N–H and O–H groups in total. The molecule has 2 aromatic carbocycles. The zero-order valence-corrected chi connectivity index (χ0v) is 20.0. The SMILES string of the molecule is CCOC(=O)N1CCN(C(=O)c2ccc([C@@H]3SCC(=O)N3Cc3ccc(Cl)cc3)cc2)CC1. The normalized spacial score (nSPS) is 18.5. The van der Waals surface area contributed by atoms with Crippen molar-refractivity contribution >= 4 is 41.3 Å². The molecule has 2 heterocycles. The summed E-state index contributed by atoms with van der Waals surface area (Å²) in [5.74, 6) is 0.474. The maximum atomic E-state index is 12.9. The number of benzene rings is 2. The summed E-state index contributed by atoms with van der Waals surface area (Å²) in [6.45, 7) is 4.50. The first kappa shape index (κ1) is 23.4. The van der Waals surface area contributed by atoms with Crippen molar-refractivity contribution in [2.75, 3.05) is 38.5 Å². The fourth-order valence-electron chi connectivity index (χ4n) is 3.97. The highest BCUT2D eigenvalue weighted by molar-refractivity contribution is 8.00. The molecule has 2 aliphatic heterocycles. The maximum absolute atomic E-state index is 12.9. The van der Waals surface area contributed by atoms with Crippen molar-refractivity contribution < 1.29 is 19.1 Å². The zero-order valence-electron chi connectivity index (χ0n) is 18.4. The Morgan fingerprint density at radius 3 is 2.27 bits per heavy atom. The van der Waals surface area contributed by atoms with Gasteiger partial charge in [0.2, 0.25) is 5.91 Å². The van der Waals surface area contributed by atoms with Crippen molar-refractivity contribution in [1.29, 1.82) is 0 Å². The molecule has 1 atom stereocenters. The summed E-state index contributed by atoms with van der Waals surface area (Å²) < 4.78 is 5.03. The fourth-order valence-corrected chi connectivity index (χ4v) is 5.28. The Balaban J connectivity index is 1.39. The molecule has 2 saturated heterocycles. The largest absolute Gasteiger partial charge is 0.450 e. The molecule has 33 heavy (non-hydrogen) atoms. The lowest BCUT2D eigenvalue weighted by Gasteiger charge is -2.34. The van der Waals surface area contributed by atoms with Gasteiger partial charge in [-0.15, -0.1) is 11.8 Å². The van der Waals surface area contributed by atoms with Crippen LogP contribution in [0.15, 0.2) is 48.5 Å². The summed E-state index contributed by atoms with van der Waals surface area (Å²) in [6, 6.07) is 15.0. The van der Waals surface area contributed by atoms with Crippen LogP contribution >= 0.6 is 23.4 Å². The summed E-state index contributed by atoms with van der Waals surface area (Å²) in [7, 11) is 0. The van der Waals surface area contributed by atoms with Crippen LogP contribution in [0, 0.1) is 0 Å². The number of halogens is 1. The number of hydrogen-bond acceptors (Lipinski definition) is 5. The predicted octanol–water partition coefficient (Wildman–Crippen LogP) is 4.03. The van der Waals surface area contributed by atoms with Crippen LogP contribution in [0.3, 0.4) is 0 Å². The van der Waals surface area contributed by atoms with Gasteiger partial charge in [-0.25, -0.2) is 4.79 Å². The molecule has 9 heteroatoms. The summed E-state index contributed by atoms with van der Waals surface area (Å²) in [5, 5.41) is 0.574. The van der Waals surface area contributed by atoms with Gasteiger partial charge in [0.15, 0.2) is 0 Å². The third kappa shape index (κ3) is 5.45. The molecule has 0 saturated carbocycles. The number of carbonyl (C=O) groups excluding carboxylic acids is 3. The number of ether oxygens (including phenoxy) is 1. The Kier molecular flexibility index (Phi) is 7.45. The van der Waals surface area contributed by atoms with E-state index < -0.39 is 0 Å². The quantitative estimate of drug-likeness (QED) is 0.637. The minimum absolute atomic E-state index is 0.0572. The third-order valence-electron chi connectivity index (χ3n) is 5.77. The first-order valence-electron chi connectivity index (χ1n) is 10.9. The molecule has 3 amide bonds. The van der Waals surface area contributed by atoms with Crippen molar-refractivity contribution in [3.8, 4) is 0 Å². The van der Waals surface area contributed by atoms with Crippen molar-refractivity contribution in [1.82, 2.24) is 14.7 Å². The van der Waals surface area contributed by atoms with Crippen LogP contribution in [0.1, 0.15) is 33.8 Å². The number of nitrogens with zero attached hydrogens (tertiary/aromatic N) is 3. The Labute approximate surface area is 202 Å². The topological polar surface area (TPSA) is 70.2 Å². The second-order valence-electron chi connectivity index (χ2n) is 7.91. The van der Waals surface area contributed by atoms with E-state index in [0.29, 0.717) is 55.7 Å². The van der Waals surface area contributed by atoms with Crippen LogP contribution in [0.2, 0.25) is 5.02 Å². The van der Waals surface area contributed by atoms with Gasteiger partial charge >= 0.3 is 6.09 Å². The van der Waals surface area contributed by atoms with Crippen LogP contribution in [0.5, 0.6) is 0 Å². The van der Waals surface area contributed by atoms with E-state index in [0.717, 1.165) is 11.1 Å². The van der Waals surface area contributed by atoms with Gasteiger partial charge in [0.1, 0.15) is 5.37 Å². The number of thioether (sulfide) groups is 1. The summed E-state index contributed by atoms with van der Waals surface area (Å²) in [6.07, 6.45) is -0.333. The van der Waals surface area contributed by atoms with E-state index >= 15 is 0 Å². The molecule has 0 spiro atoms. The van der Waals surface area contributed by atoms with E-state index in [4.69, 9.17) is 16.3 Å². The second kappa shape index (κ2) is 10.5. The van der Waals surface area contributed by atoms with E-state index in [9.17, 15) is 14.4 Å². The van der Waals surface area contributed by atoms with Crippen molar-refractivity contribution in [2.24, 2.45) is 0 Å². The minimum Gasteiger partial charge on any atom is -0.450 e. The standard InChI is InChI=1S/C24H26ClN3O4S/c1-2-32-24(31)27-13-11-26(12-14-27)22(30)18-5-7-19(8-6-18)23-28(21(29)16-33-23)15-17-3-9-20(25)10-4-17/h3-10,23H,2,11-16H2,1H3/t23-/m0/s1. The highest BCUT2D eigenvalue weighted by atomic mass is 35.5. The van der Waals surface area contributed by atoms with Gasteiger partial charge in [0, 0.05) is 43.3 Å². The molecule has 0 unspecified atom stereocenters. The van der Waals surface area contributed by atoms with E-state index in [-0.39, 0.29) is 23.3 Å². The highest BCUT2D eigenvalue weighted by Crippen LogP contribution is 2.39. The van der Waals surface area contributed by atoms with Crippen LogP contribution in [-0.2, 0) is 16.1 Å². The van der Waals surface area contributed by atoms with Gasteiger partial charge in [0.05, 0.1) is 12.4 Å². The lowest BCUT2D eigenvalue weighted by atomic mass is 10.1. The molecule has 0 aliphatic carbocycles. The van der Waals surface area contributed by atoms with Crippen LogP contribution < -0.4 is 0 Å². The van der Waals surface area contributed by atoms with Gasteiger partial charge in [-0.1, -0.05) is 35.9 Å². The minimum atomic E-state index is -0.333. The van der Waals surface area contributed by atoms with Crippen molar-refractivity contribution in [3.63, 3.8) is 0 Å². The Hall–Kier alpha value is -2.71. The molecule has 2 aliphatic rings. The van der Waals surface area contributed by atoms with E-state index in [1.165, 1.54) is 0 Å². The first-order chi connectivity index (χ1) is 16.0. The smallest absolute Gasteiger partial charge is 0.409 e. The van der Waals surface area contributed by atoms with Gasteiger partial charge in [-0.3, -0.25) is 9.59 Å². The predicted molar refractivity (Wildman–Crippen MR) is 128 cm³/mol. The number of rotatable bonds is 5. The van der Waals surface area contributed by atoms with Gasteiger partial charge in [-0.2, -0.15) is 0 Å². The molecule has 0 radical (unpaired) electrons. The van der Waals surface area contributed by atoms with Crippen LogP contribution in [0.25, 0.3) is 0 Å². The first-order valence-corrected chi connectivity index (χ1v) is 12.4. The van der Waals surface area contributed by atoms with E-state index in [1.807, 2.05) is 53.4 Å². The molecule has 2 aromatic rings. The lowest BCUT2D eigenvalue weighted by Crippen LogP contribution is -2.50. The Morgan fingerprint density at radius 2 is 1.64 bits per heavy atom. The number of carbonyl (C=O) groups is 3. The molecule has 0 bridgehead atoms. The van der Waals surface area contributed by atoms with Gasteiger partial charge in [-0.05, 0) is 42.3 Å². The number of amides is 3. The average Bonchev–Trinajstić information content (AvgIpc) is 3.20. The number of hydrogen-bond donors (Lipinski definition) is 0. The summed E-state index contributed by atoms with van der Waals surface area (Å²) in [4.78, 5) is 42.5. The van der Waals surface area contributed by atoms with Crippen molar-refractivity contribution in [3.05, 3.63) is 70.2 Å². The van der Waals surface area contributed by atoms with Crippen LogP contribution in [0.4, 0.5) is 4.79 Å². The average molecular weight is 488 g/mol. The summed E-state index contributed by atoms with van der Waals surface area (Å²) >= 11 is 7.56. The number of piperazine rings is 1. The molecule has 2 fully saturated rings. The zero-order chi connectivity index (χ0) is 23.4. The van der Waals surface area contributed by atoms with Crippen LogP contribution in [-0.4, -0.2) is 71.1 Å². The molecule has 0 aromatic heterocycles. The Bertz CT molecular complexity index is 1010. The molecular formula is C24H26ClN3O4S. The Morgan fingerprint density at radius 1 is 1.00 bits per heavy atom. The fraction of sp³-hybridized carbons (Fsp3) is 0.375. The molecule has 174 valence electrons. The van der Waals surface area contributed by atoms with E-state index in [1.54, 1.807) is 28.5 Å². The molecule has 7 nitrogen and oxygen atoms in total. The molecular weight excluding hydrogens is 462 g/mol. The lowest BCUT2D eigenvalue weighted by molar-refractivity contribution is -0.128. The second-order valence-corrected chi connectivity index (χ2v) is 9.42. The van der Waals surface area contributed by atoms with Gasteiger partial charge in [0.25, 0.3) is 5.91 Å². The highest BCUT2D eigenvalue weighted by Gasteiger charge is 2.33.